The van der Waals surface area contributed by atoms with Crippen LogP contribution in [-0.2, 0) is 19.1 Å². The summed E-state index contributed by atoms with van der Waals surface area (Å²) >= 11 is 6.57. The molecule has 3 N–H and O–H groups in total. The van der Waals surface area contributed by atoms with Crippen molar-refractivity contribution in [1.82, 2.24) is 15.1 Å². The highest BCUT2D eigenvalue weighted by Crippen LogP contribution is 2.55. The first-order valence-electron chi connectivity index (χ1n) is 13.3. The Labute approximate surface area is 242 Å². The van der Waals surface area contributed by atoms with E-state index in [1.807, 2.05) is 30.3 Å². The van der Waals surface area contributed by atoms with E-state index in [-0.39, 0.29) is 52.3 Å². The number of nitrogens with zero attached hydrogens (tertiary/aromatic N) is 2. The molecule has 0 radical (unpaired) electrons. The van der Waals surface area contributed by atoms with Crippen LogP contribution in [0.1, 0.15) is 34.3 Å². The summed E-state index contributed by atoms with van der Waals surface area (Å²) in [6.07, 6.45) is 1.93. The molecule has 0 spiro atoms. The van der Waals surface area contributed by atoms with E-state index < -0.39 is 39.5 Å². The second-order valence-corrected chi connectivity index (χ2v) is 10.9. The van der Waals surface area contributed by atoms with Crippen LogP contribution in [0.25, 0.3) is 11.1 Å². The summed E-state index contributed by atoms with van der Waals surface area (Å²) in [5, 5.41) is 7.08. The first kappa shape index (κ1) is 26.4. The van der Waals surface area contributed by atoms with Gasteiger partial charge in [-0.3, -0.25) is 9.59 Å². The number of halogens is 3. The number of rotatable bonds is 4. The van der Waals surface area contributed by atoms with Gasteiger partial charge in [0.1, 0.15) is 11.6 Å². The zero-order chi connectivity index (χ0) is 29.3. The fourth-order valence-electron chi connectivity index (χ4n) is 6.10. The molecule has 42 heavy (non-hydrogen) atoms. The predicted molar refractivity (Wildman–Crippen MR) is 148 cm³/mol. The molecular weight excluding hydrogens is 570 g/mol. The third-order valence-corrected chi connectivity index (χ3v) is 8.42. The second-order valence-electron chi connectivity index (χ2n) is 10.5. The van der Waals surface area contributed by atoms with E-state index in [0.29, 0.717) is 5.56 Å². The fourth-order valence-corrected chi connectivity index (χ4v) is 6.36. The Kier molecular flexibility index (Phi) is 6.00. The molecule has 4 aromatic rings. The summed E-state index contributed by atoms with van der Waals surface area (Å²) in [5.41, 5.74) is 4.81. The minimum absolute atomic E-state index is 0.0667. The molecule has 0 bridgehead atoms. The molecule has 3 aliphatic heterocycles. The van der Waals surface area contributed by atoms with Crippen LogP contribution in [0, 0.1) is 11.6 Å². The van der Waals surface area contributed by atoms with Crippen molar-refractivity contribution in [1.29, 1.82) is 0 Å². The molecule has 12 heteroatoms. The largest absolute Gasteiger partial charge is 0.480 e. The van der Waals surface area contributed by atoms with Crippen molar-refractivity contribution in [3.63, 3.8) is 0 Å². The van der Waals surface area contributed by atoms with E-state index in [0.717, 1.165) is 35.7 Å². The van der Waals surface area contributed by atoms with Crippen LogP contribution in [0.5, 0.6) is 28.9 Å². The Morgan fingerprint density at radius 3 is 2.62 bits per heavy atom. The maximum atomic E-state index is 16.6. The fraction of sp³-hybridized carbons (Fsp3) is 0.233. The van der Waals surface area contributed by atoms with E-state index in [1.54, 1.807) is 0 Å². The molecule has 3 aromatic carbocycles. The highest BCUT2D eigenvalue weighted by molar-refractivity contribution is 6.34. The minimum Gasteiger partial charge on any atom is -0.480 e. The SMILES string of the molecule is Cn1nc2c(cc1=O)Oc1cc(C(N)=O)c(-c3c(Cl)c(F)cc4c3C[C@](c3ccccc3)([C@@H]3CCCN3)O4)c(F)c1O2. The van der Waals surface area contributed by atoms with Crippen molar-refractivity contribution < 1.29 is 27.8 Å². The van der Waals surface area contributed by atoms with Crippen molar-refractivity contribution in [3.05, 3.63) is 92.2 Å². The number of primary amides is 1. The first-order valence-corrected chi connectivity index (χ1v) is 13.6. The second kappa shape index (κ2) is 9.53. The Morgan fingerprint density at radius 2 is 1.90 bits per heavy atom. The van der Waals surface area contributed by atoms with Crippen LogP contribution < -0.4 is 30.8 Å². The molecule has 0 unspecified atom stereocenters. The molecule has 0 aliphatic carbocycles. The van der Waals surface area contributed by atoms with Gasteiger partial charge in [0.2, 0.25) is 11.7 Å². The number of nitrogens with two attached hydrogens (primary N) is 1. The van der Waals surface area contributed by atoms with E-state index in [4.69, 9.17) is 31.5 Å². The van der Waals surface area contributed by atoms with Crippen molar-refractivity contribution >= 4 is 17.5 Å². The monoisotopic (exact) mass is 592 g/mol. The lowest BCUT2D eigenvalue weighted by atomic mass is 9.80. The number of carbonyl (C=O) groups excluding carboxylic acids is 1. The van der Waals surface area contributed by atoms with Gasteiger partial charge in [0, 0.05) is 36.2 Å². The number of carbonyl (C=O) groups is 1. The van der Waals surface area contributed by atoms with Gasteiger partial charge >= 0.3 is 0 Å². The maximum Gasteiger partial charge on any atom is 0.281 e. The Bertz CT molecular complexity index is 1860. The standard InChI is InChI=1S/C30H23ClF2N4O5/c1-37-22(38)12-20-29(36-37)41-27-19(40-20)10-15(28(34)39)24(26(27)33)23-16-13-30(21-8-5-9-35-21,14-6-3-2-4-7-14)42-18(16)11-17(32)25(23)31/h2-4,6-7,10-12,21,35H,5,8-9,13H2,1H3,(H2,34,39)/t21-,30-/m0/s1. The molecule has 7 rings (SSSR count). The molecule has 1 aromatic heterocycles. The highest BCUT2D eigenvalue weighted by atomic mass is 35.5. The number of benzene rings is 3. The number of nitrogens with one attached hydrogen (secondary N) is 1. The van der Waals surface area contributed by atoms with Gasteiger partial charge in [0.25, 0.3) is 11.4 Å². The number of aryl methyl sites for hydroxylation is 1. The summed E-state index contributed by atoms with van der Waals surface area (Å²) in [6, 6.07) is 12.9. The average Bonchev–Trinajstić information content (AvgIpc) is 3.64. The molecule has 0 saturated carbocycles. The Morgan fingerprint density at radius 1 is 1.12 bits per heavy atom. The average molecular weight is 593 g/mol. The molecule has 1 amide bonds. The number of hydrogen-bond donors (Lipinski definition) is 2. The number of aromatic nitrogens is 2. The van der Waals surface area contributed by atoms with Crippen LogP contribution in [0.3, 0.4) is 0 Å². The van der Waals surface area contributed by atoms with Crippen LogP contribution in [0.15, 0.2) is 53.3 Å². The normalized spacial score (nSPS) is 20.1. The Balaban J connectivity index is 1.45. The van der Waals surface area contributed by atoms with Crippen LogP contribution in [-0.4, -0.2) is 28.3 Å². The Hall–Kier alpha value is -4.48. The molecule has 4 heterocycles. The number of amides is 1. The van der Waals surface area contributed by atoms with Gasteiger partial charge in [-0.25, -0.2) is 13.5 Å². The molecule has 1 saturated heterocycles. The minimum atomic E-state index is -1.06. The van der Waals surface area contributed by atoms with Crippen molar-refractivity contribution in [2.24, 2.45) is 12.8 Å². The molecule has 1 fully saturated rings. The number of hydrogen-bond acceptors (Lipinski definition) is 7. The summed E-state index contributed by atoms with van der Waals surface area (Å²) in [7, 11) is 1.40. The van der Waals surface area contributed by atoms with E-state index in [2.05, 4.69) is 10.4 Å². The van der Waals surface area contributed by atoms with Gasteiger partial charge in [-0.05, 0) is 31.0 Å². The van der Waals surface area contributed by atoms with E-state index >= 15 is 8.78 Å². The van der Waals surface area contributed by atoms with Gasteiger partial charge in [-0.1, -0.05) is 41.9 Å². The van der Waals surface area contributed by atoms with E-state index in [1.165, 1.54) is 19.2 Å². The molecule has 2 atom stereocenters. The summed E-state index contributed by atoms with van der Waals surface area (Å²) in [4.78, 5) is 24.8. The highest BCUT2D eigenvalue weighted by Gasteiger charge is 2.50. The number of fused-ring (bicyclic) bond motifs is 3. The first-order chi connectivity index (χ1) is 20.2. The van der Waals surface area contributed by atoms with Gasteiger partial charge in [0.15, 0.2) is 22.9 Å². The smallest absolute Gasteiger partial charge is 0.281 e. The third-order valence-electron chi connectivity index (χ3n) is 8.05. The van der Waals surface area contributed by atoms with Crippen LogP contribution in [0.2, 0.25) is 5.02 Å². The topological polar surface area (TPSA) is 118 Å². The van der Waals surface area contributed by atoms with E-state index in [9.17, 15) is 9.59 Å². The molecule has 9 nitrogen and oxygen atoms in total. The predicted octanol–water partition coefficient (Wildman–Crippen LogP) is 4.96. The maximum absolute atomic E-state index is 16.6. The lowest BCUT2D eigenvalue weighted by Gasteiger charge is -2.35. The quantitative estimate of drug-likeness (QED) is 0.303. The van der Waals surface area contributed by atoms with Crippen LogP contribution in [0.4, 0.5) is 8.78 Å². The third kappa shape index (κ3) is 3.87. The van der Waals surface area contributed by atoms with Crippen LogP contribution >= 0.6 is 11.6 Å². The van der Waals surface area contributed by atoms with Crippen molar-refractivity contribution in [3.8, 4) is 40.0 Å². The van der Waals surface area contributed by atoms with Gasteiger partial charge in [-0.15, -0.1) is 5.10 Å². The zero-order valence-corrected chi connectivity index (χ0v) is 22.9. The molecule has 3 aliphatic rings. The van der Waals surface area contributed by atoms with Crippen molar-refractivity contribution in [2.75, 3.05) is 6.54 Å². The summed E-state index contributed by atoms with van der Waals surface area (Å²) in [5.74, 6) is -3.62. The van der Waals surface area contributed by atoms with Gasteiger partial charge in [-0.2, -0.15) is 0 Å². The molecule has 214 valence electrons. The number of ether oxygens (including phenoxy) is 3. The van der Waals surface area contributed by atoms with Gasteiger partial charge in [0.05, 0.1) is 22.7 Å². The lowest BCUT2D eigenvalue weighted by molar-refractivity contribution is 0.0539. The molecular formula is C30H23ClF2N4O5. The van der Waals surface area contributed by atoms with Crippen molar-refractivity contribution in [2.45, 2.75) is 30.9 Å². The summed E-state index contributed by atoms with van der Waals surface area (Å²) in [6.45, 7) is 0.782. The van der Waals surface area contributed by atoms with Gasteiger partial charge < -0.3 is 25.3 Å². The lowest BCUT2D eigenvalue weighted by Crippen LogP contribution is -2.48. The summed E-state index contributed by atoms with van der Waals surface area (Å²) < 4.78 is 51.1. The zero-order valence-electron chi connectivity index (χ0n) is 22.2.